The van der Waals surface area contributed by atoms with E-state index < -0.39 is 0 Å². The molecule has 0 saturated carbocycles. The van der Waals surface area contributed by atoms with E-state index in [2.05, 4.69) is 31.4 Å². The minimum Gasteiger partial charge on any atom is -0.497 e. The molecule has 0 saturated heterocycles. The molecule has 0 bridgehead atoms. The zero-order chi connectivity index (χ0) is 20.4. The third-order valence-electron chi connectivity index (χ3n) is 4.07. The summed E-state index contributed by atoms with van der Waals surface area (Å²) in [5.41, 5.74) is 1.95. The first-order valence-electron chi connectivity index (χ1n) is 9.68. The maximum atomic E-state index is 5.89. The van der Waals surface area contributed by atoms with Crippen molar-refractivity contribution in [1.29, 1.82) is 0 Å². The standard InChI is InChI=1S/C22H30N2O3S/c1-5-12-26-20-11-10-17(14-21(20)27-13-6-2)16(3)23-22(28)24-18-8-7-9-19(15-18)25-4/h7-11,14-16H,5-6,12-13H2,1-4H3,(H2,23,24,28)/t16-/m0/s1. The molecule has 6 heteroatoms. The van der Waals surface area contributed by atoms with Crippen LogP contribution in [0.25, 0.3) is 0 Å². The summed E-state index contributed by atoms with van der Waals surface area (Å²) in [6, 6.07) is 13.7. The van der Waals surface area contributed by atoms with E-state index in [0.29, 0.717) is 18.3 Å². The van der Waals surface area contributed by atoms with Gasteiger partial charge in [-0.25, -0.2) is 0 Å². The summed E-state index contributed by atoms with van der Waals surface area (Å²) in [5, 5.41) is 7.05. The fourth-order valence-corrected chi connectivity index (χ4v) is 2.89. The lowest BCUT2D eigenvalue weighted by Gasteiger charge is -2.20. The van der Waals surface area contributed by atoms with Crippen molar-refractivity contribution in [2.75, 3.05) is 25.6 Å². The van der Waals surface area contributed by atoms with Gasteiger partial charge in [0, 0.05) is 11.8 Å². The first-order chi connectivity index (χ1) is 13.6. The number of ether oxygens (including phenoxy) is 3. The van der Waals surface area contributed by atoms with E-state index in [1.54, 1.807) is 7.11 Å². The maximum absolute atomic E-state index is 5.89. The average Bonchev–Trinajstić information content (AvgIpc) is 2.70. The topological polar surface area (TPSA) is 51.8 Å². The highest BCUT2D eigenvalue weighted by Crippen LogP contribution is 2.31. The monoisotopic (exact) mass is 402 g/mol. The van der Waals surface area contributed by atoms with Crippen LogP contribution >= 0.6 is 12.2 Å². The minimum absolute atomic E-state index is 0.00908. The van der Waals surface area contributed by atoms with Gasteiger partial charge in [0.1, 0.15) is 5.75 Å². The predicted octanol–water partition coefficient (Wildman–Crippen LogP) is 5.32. The number of rotatable bonds is 10. The predicted molar refractivity (Wildman–Crippen MR) is 119 cm³/mol. The fourth-order valence-electron chi connectivity index (χ4n) is 2.60. The summed E-state index contributed by atoms with van der Waals surface area (Å²) in [6.45, 7) is 7.56. The molecule has 2 aromatic rings. The van der Waals surface area contributed by atoms with Gasteiger partial charge in [-0.15, -0.1) is 0 Å². The molecule has 0 aliphatic heterocycles. The van der Waals surface area contributed by atoms with Gasteiger partial charge >= 0.3 is 0 Å². The lowest BCUT2D eigenvalue weighted by Crippen LogP contribution is -2.30. The van der Waals surface area contributed by atoms with Crippen LogP contribution in [0, 0.1) is 0 Å². The second kappa shape index (κ2) is 11.4. The molecule has 0 aromatic heterocycles. The van der Waals surface area contributed by atoms with Crippen LogP contribution < -0.4 is 24.8 Å². The van der Waals surface area contributed by atoms with Gasteiger partial charge in [-0.05, 0) is 61.8 Å². The third-order valence-corrected chi connectivity index (χ3v) is 4.29. The van der Waals surface area contributed by atoms with E-state index >= 15 is 0 Å². The molecule has 1 atom stereocenters. The summed E-state index contributed by atoms with van der Waals surface area (Å²) < 4.78 is 16.9. The molecule has 152 valence electrons. The molecule has 28 heavy (non-hydrogen) atoms. The summed E-state index contributed by atoms with van der Waals surface area (Å²) in [7, 11) is 1.64. The van der Waals surface area contributed by atoms with Crippen molar-refractivity contribution in [3.8, 4) is 17.2 Å². The lowest BCUT2D eigenvalue weighted by molar-refractivity contribution is 0.268. The normalized spacial score (nSPS) is 11.4. The van der Waals surface area contributed by atoms with Gasteiger partial charge in [-0.1, -0.05) is 26.0 Å². The Morgan fingerprint density at radius 2 is 1.71 bits per heavy atom. The van der Waals surface area contributed by atoms with Crippen LogP contribution in [0.5, 0.6) is 17.2 Å². The molecule has 0 unspecified atom stereocenters. The highest BCUT2D eigenvalue weighted by molar-refractivity contribution is 7.80. The molecule has 0 spiro atoms. The number of hydrogen-bond acceptors (Lipinski definition) is 4. The molecule has 0 aliphatic carbocycles. The Balaban J connectivity index is 2.05. The largest absolute Gasteiger partial charge is 0.497 e. The number of benzene rings is 2. The van der Waals surface area contributed by atoms with Crippen molar-refractivity contribution < 1.29 is 14.2 Å². The van der Waals surface area contributed by atoms with Crippen LogP contribution in [0.4, 0.5) is 5.69 Å². The third kappa shape index (κ3) is 6.60. The highest BCUT2D eigenvalue weighted by Gasteiger charge is 2.12. The zero-order valence-electron chi connectivity index (χ0n) is 17.1. The van der Waals surface area contributed by atoms with Gasteiger partial charge in [-0.2, -0.15) is 0 Å². The summed E-state index contributed by atoms with van der Waals surface area (Å²) >= 11 is 5.46. The van der Waals surface area contributed by atoms with Gasteiger partial charge < -0.3 is 24.8 Å². The molecule has 0 amide bonds. The number of methoxy groups -OCH3 is 1. The summed E-state index contributed by atoms with van der Waals surface area (Å²) in [4.78, 5) is 0. The Labute approximate surface area is 173 Å². The second-order valence-corrected chi connectivity index (χ2v) is 6.86. The Morgan fingerprint density at radius 1 is 1.00 bits per heavy atom. The van der Waals surface area contributed by atoms with Crippen LogP contribution in [0.15, 0.2) is 42.5 Å². The summed E-state index contributed by atoms with van der Waals surface area (Å²) in [6.07, 6.45) is 1.90. The van der Waals surface area contributed by atoms with E-state index in [9.17, 15) is 0 Å². The molecule has 0 heterocycles. The first kappa shape index (κ1) is 21.8. The zero-order valence-corrected chi connectivity index (χ0v) is 17.9. The van der Waals surface area contributed by atoms with E-state index in [1.165, 1.54) is 0 Å². The molecule has 0 fully saturated rings. The van der Waals surface area contributed by atoms with E-state index in [-0.39, 0.29) is 6.04 Å². The molecular weight excluding hydrogens is 372 g/mol. The van der Waals surface area contributed by atoms with E-state index in [1.807, 2.05) is 42.5 Å². The number of thiocarbonyl (C=S) groups is 1. The number of hydrogen-bond donors (Lipinski definition) is 2. The SMILES string of the molecule is CCCOc1ccc([C@H](C)NC(=S)Nc2cccc(OC)c2)cc1OCCC. The Hall–Kier alpha value is -2.47. The molecular formula is C22H30N2O3S. The van der Waals surface area contributed by atoms with Crippen molar-refractivity contribution in [1.82, 2.24) is 5.32 Å². The van der Waals surface area contributed by atoms with Crippen molar-refractivity contribution in [3.05, 3.63) is 48.0 Å². The second-order valence-electron chi connectivity index (χ2n) is 6.46. The van der Waals surface area contributed by atoms with Gasteiger partial charge in [0.15, 0.2) is 16.6 Å². The maximum Gasteiger partial charge on any atom is 0.171 e. The van der Waals surface area contributed by atoms with E-state index in [0.717, 1.165) is 41.3 Å². The van der Waals surface area contributed by atoms with E-state index in [4.69, 9.17) is 26.4 Å². The molecule has 0 aliphatic rings. The van der Waals surface area contributed by atoms with Crippen LogP contribution in [-0.2, 0) is 0 Å². The molecule has 2 N–H and O–H groups in total. The van der Waals surface area contributed by atoms with Crippen molar-refractivity contribution in [2.24, 2.45) is 0 Å². The Morgan fingerprint density at radius 3 is 2.39 bits per heavy atom. The smallest absolute Gasteiger partial charge is 0.171 e. The lowest BCUT2D eigenvalue weighted by atomic mass is 10.1. The van der Waals surface area contributed by atoms with Crippen molar-refractivity contribution >= 4 is 23.0 Å². The number of anilines is 1. The highest BCUT2D eigenvalue weighted by atomic mass is 32.1. The fraction of sp³-hybridized carbons (Fsp3) is 0.409. The van der Waals surface area contributed by atoms with Crippen molar-refractivity contribution in [2.45, 2.75) is 39.7 Å². The van der Waals surface area contributed by atoms with Crippen LogP contribution in [-0.4, -0.2) is 25.4 Å². The molecule has 2 rings (SSSR count). The van der Waals surface area contributed by atoms with Gasteiger partial charge in [0.05, 0.1) is 26.4 Å². The Kier molecular flexibility index (Phi) is 8.88. The van der Waals surface area contributed by atoms with Crippen LogP contribution in [0.1, 0.15) is 45.2 Å². The van der Waals surface area contributed by atoms with Gasteiger partial charge in [0.25, 0.3) is 0 Å². The van der Waals surface area contributed by atoms with Gasteiger partial charge in [0.2, 0.25) is 0 Å². The number of nitrogens with one attached hydrogen (secondary N) is 2. The average molecular weight is 403 g/mol. The molecule has 2 aromatic carbocycles. The van der Waals surface area contributed by atoms with Crippen LogP contribution in [0.3, 0.4) is 0 Å². The summed E-state index contributed by atoms with van der Waals surface area (Å²) in [5.74, 6) is 2.33. The first-order valence-corrected chi connectivity index (χ1v) is 10.1. The molecule has 0 radical (unpaired) electrons. The quantitative estimate of drug-likeness (QED) is 0.525. The van der Waals surface area contributed by atoms with Crippen molar-refractivity contribution in [3.63, 3.8) is 0 Å². The Bertz CT molecular complexity index is 767. The van der Waals surface area contributed by atoms with Crippen LogP contribution in [0.2, 0.25) is 0 Å². The minimum atomic E-state index is 0.00908. The molecule has 5 nitrogen and oxygen atoms in total. The van der Waals surface area contributed by atoms with Gasteiger partial charge in [-0.3, -0.25) is 0 Å².